The lowest BCUT2D eigenvalue weighted by Crippen LogP contribution is -2.39. The number of carbonyl (C=O) groups is 1. The van der Waals surface area contributed by atoms with Crippen LogP contribution < -0.4 is 11.1 Å². The molecule has 1 atom stereocenters. The number of nitrogens with two attached hydrogens (primary N) is 1. The molecule has 138 valence electrons. The Labute approximate surface area is 160 Å². The number of rotatable bonds is 7. The summed E-state index contributed by atoms with van der Waals surface area (Å²) < 4.78 is 4.88. The summed E-state index contributed by atoms with van der Waals surface area (Å²) in [4.78, 5) is 14.3. The van der Waals surface area contributed by atoms with Crippen molar-refractivity contribution in [3.63, 3.8) is 0 Å². The number of methoxy groups -OCH3 is 1. The van der Waals surface area contributed by atoms with Gasteiger partial charge in [0.05, 0.1) is 6.61 Å². The Morgan fingerprint density at radius 1 is 1.29 bits per heavy atom. The first-order valence-corrected chi connectivity index (χ1v) is 8.79. The summed E-state index contributed by atoms with van der Waals surface area (Å²) in [7, 11) is 1.53. The third kappa shape index (κ3) is 8.05. The Kier molecular flexibility index (Phi) is 12.5. The van der Waals surface area contributed by atoms with E-state index < -0.39 is 6.04 Å². The molecule has 24 heavy (non-hydrogen) atoms. The van der Waals surface area contributed by atoms with Crippen LogP contribution in [0.5, 0.6) is 0 Å². The van der Waals surface area contributed by atoms with Crippen molar-refractivity contribution in [1.82, 2.24) is 4.90 Å². The van der Waals surface area contributed by atoms with Crippen molar-refractivity contribution in [1.29, 1.82) is 0 Å². The first kappa shape index (κ1) is 23.5. The number of anilines is 1. The van der Waals surface area contributed by atoms with E-state index in [4.69, 9.17) is 10.5 Å². The Morgan fingerprint density at radius 3 is 2.50 bits per heavy atom. The maximum absolute atomic E-state index is 11.8. The molecular formula is C16H27Cl2N3O2S. The van der Waals surface area contributed by atoms with Gasteiger partial charge < -0.3 is 20.7 Å². The number of hydrogen-bond acceptors (Lipinski definition) is 5. The van der Waals surface area contributed by atoms with E-state index in [1.54, 1.807) is 0 Å². The molecule has 1 aromatic carbocycles. The number of benzene rings is 1. The second-order valence-electron chi connectivity index (χ2n) is 5.45. The van der Waals surface area contributed by atoms with E-state index in [0.717, 1.165) is 18.7 Å². The quantitative estimate of drug-likeness (QED) is 0.738. The fraction of sp³-hybridized carbons (Fsp3) is 0.562. The van der Waals surface area contributed by atoms with Crippen molar-refractivity contribution in [3.05, 3.63) is 29.8 Å². The summed E-state index contributed by atoms with van der Waals surface area (Å²) >= 11 is 2.03. The fourth-order valence-corrected chi connectivity index (χ4v) is 3.34. The van der Waals surface area contributed by atoms with Gasteiger partial charge in [-0.15, -0.1) is 24.8 Å². The summed E-state index contributed by atoms with van der Waals surface area (Å²) in [5.41, 5.74) is 7.75. The molecule has 8 heteroatoms. The predicted molar refractivity (Wildman–Crippen MR) is 107 cm³/mol. The van der Waals surface area contributed by atoms with Crippen LogP contribution >= 0.6 is 36.6 Å². The monoisotopic (exact) mass is 395 g/mol. The van der Waals surface area contributed by atoms with Crippen LogP contribution in [0.15, 0.2) is 24.3 Å². The van der Waals surface area contributed by atoms with E-state index in [9.17, 15) is 4.79 Å². The van der Waals surface area contributed by atoms with Crippen LogP contribution in [-0.2, 0) is 16.0 Å². The van der Waals surface area contributed by atoms with Crippen molar-refractivity contribution in [2.75, 3.05) is 50.2 Å². The summed E-state index contributed by atoms with van der Waals surface area (Å²) in [6.07, 6.45) is 1.04. The molecule has 0 saturated carbocycles. The highest BCUT2D eigenvalue weighted by Gasteiger charge is 2.13. The molecule has 0 aliphatic carbocycles. The largest absolute Gasteiger partial charge is 0.383 e. The van der Waals surface area contributed by atoms with Gasteiger partial charge in [0.15, 0.2) is 0 Å². The summed E-state index contributed by atoms with van der Waals surface area (Å²) in [5.74, 6) is 2.26. The van der Waals surface area contributed by atoms with Crippen LogP contribution in [0, 0.1) is 0 Å². The normalized spacial score (nSPS) is 15.8. The molecule has 5 nitrogen and oxygen atoms in total. The first-order valence-electron chi connectivity index (χ1n) is 7.63. The highest BCUT2D eigenvalue weighted by Crippen LogP contribution is 2.13. The van der Waals surface area contributed by atoms with Gasteiger partial charge in [-0.1, -0.05) is 12.1 Å². The Balaban J connectivity index is 0.00000264. The highest BCUT2D eigenvalue weighted by atomic mass is 35.5. The molecule has 1 aliphatic rings. The van der Waals surface area contributed by atoms with E-state index in [2.05, 4.69) is 22.3 Å². The number of ether oxygens (including phenoxy) is 1. The Morgan fingerprint density at radius 2 is 1.92 bits per heavy atom. The molecule has 1 amide bonds. The van der Waals surface area contributed by atoms with Crippen LogP contribution in [0.25, 0.3) is 0 Å². The van der Waals surface area contributed by atoms with Crippen molar-refractivity contribution in [2.45, 2.75) is 12.5 Å². The zero-order valence-electron chi connectivity index (χ0n) is 13.9. The topological polar surface area (TPSA) is 67.6 Å². The molecule has 2 rings (SSSR count). The van der Waals surface area contributed by atoms with Gasteiger partial charge in [0.2, 0.25) is 5.91 Å². The highest BCUT2D eigenvalue weighted by molar-refractivity contribution is 7.99. The van der Waals surface area contributed by atoms with Crippen molar-refractivity contribution in [3.8, 4) is 0 Å². The van der Waals surface area contributed by atoms with E-state index in [0.29, 0.717) is 0 Å². The smallest absolute Gasteiger partial charge is 0.243 e. The van der Waals surface area contributed by atoms with Gasteiger partial charge in [-0.3, -0.25) is 4.79 Å². The van der Waals surface area contributed by atoms with Crippen molar-refractivity contribution in [2.24, 2.45) is 5.73 Å². The molecule has 1 heterocycles. The van der Waals surface area contributed by atoms with Gasteiger partial charge in [-0.2, -0.15) is 11.8 Å². The lowest BCUT2D eigenvalue weighted by Gasteiger charge is -2.26. The molecule has 3 N–H and O–H groups in total. The number of halogens is 2. The van der Waals surface area contributed by atoms with E-state index in [1.807, 2.05) is 23.9 Å². The number of nitrogens with zero attached hydrogens (tertiary/aromatic N) is 1. The molecule has 0 radical (unpaired) electrons. The molecule has 1 unspecified atom stereocenters. The van der Waals surface area contributed by atoms with Crippen molar-refractivity contribution < 1.29 is 9.53 Å². The van der Waals surface area contributed by atoms with E-state index in [1.165, 1.54) is 37.3 Å². The first-order chi connectivity index (χ1) is 10.7. The van der Waals surface area contributed by atoms with Crippen LogP contribution in [0.1, 0.15) is 5.56 Å². The molecule has 0 bridgehead atoms. The van der Waals surface area contributed by atoms with Crippen LogP contribution in [0.2, 0.25) is 0 Å². The summed E-state index contributed by atoms with van der Waals surface area (Å²) in [6.45, 7) is 3.70. The molecule has 1 aliphatic heterocycles. The van der Waals surface area contributed by atoms with Gasteiger partial charge in [-0.05, 0) is 24.1 Å². The lowest BCUT2D eigenvalue weighted by atomic mass is 10.1. The standard InChI is InChI=1S/C16H25N3O2S.2ClH/c1-21-12-15(17)16(20)18-14-4-2-13(3-5-14)6-7-19-8-10-22-11-9-19;;/h2-5,15H,6-12,17H2,1H3,(H,18,20);2*1H. The fourth-order valence-electron chi connectivity index (χ4n) is 2.36. The zero-order valence-corrected chi connectivity index (χ0v) is 16.4. The van der Waals surface area contributed by atoms with Crippen molar-refractivity contribution >= 4 is 48.2 Å². The number of amides is 1. The number of thioether (sulfide) groups is 1. The average Bonchev–Trinajstić information content (AvgIpc) is 2.55. The van der Waals surface area contributed by atoms with Crippen LogP contribution in [-0.4, -0.2) is 61.7 Å². The molecule has 1 fully saturated rings. The number of nitrogens with one attached hydrogen (secondary N) is 1. The molecular weight excluding hydrogens is 369 g/mol. The Hall–Kier alpha value is -0.500. The van der Waals surface area contributed by atoms with Gasteiger partial charge in [0.1, 0.15) is 6.04 Å². The average molecular weight is 396 g/mol. The molecule has 0 spiro atoms. The van der Waals surface area contributed by atoms with E-state index >= 15 is 0 Å². The number of carbonyl (C=O) groups excluding carboxylic acids is 1. The maximum Gasteiger partial charge on any atom is 0.243 e. The minimum Gasteiger partial charge on any atom is -0.383 e. The lowest BCUT2D eigenvalue weighted by molar-refractivity contribution is -0.118. The second-order valence-corrected chi connectivity index (χ2v) is 6.68. The third-order valence-electron chi connectivity index (χ3n) is 3.72. The Bertz CT molecular complexity index is 471. The summed E-state index contributed by atoms with van der Waals surface area (Å²) in [5, 5.41) is 2.80. The minimum absolute atomic E-state index is 0. The van der Waals surface area contributed by atoms with Gasteiger partial charge in [0.25, 0.3) is 0 Å². The molecule has 0 aromatic heterocycles. The van der Waals surface area contributed by atoms with Gasteiger partial charge >= 0.3 is 0 Å². The van der Waals surface area contributed by atoms with E-state index in [-0.39, 0.29) is 37.3 Å². The van der Waals surface area contributed by atoms with Gasteiger partial charge in [0, 0.05) is 43.9 Å². The number of hydrogen-bond donors (Lipinski definition) is 2. The van der Waals surface area contributed by atoms with Crippen LogP contribution in [0.4, 0.5) is 5.69 Å². The second kappa shape index (κ2) is 12.8. The van der Waals surface area contributed by atoms with Gasteiger partial charge in [-0.25, -0.2) is 0 Å². The summed E-state index contributed by atoms with van der Waals surface area (Å²) in [6, 6.07) is 7.35. The minimum atomic E-state index is -0.637. The maximum atomic E-state index is 11.8. The SMILES string of the molecule is COCC(N)C(=O)Nc1ccc(CCN2CCSCC2)cc1.Cl.Cl. The molecule has 1 aromatic rings. The third-order valence-corrected chi connectivity index (χ3v) is 4.67. The van der Waals surface area contributed by atoms with Crippen LogP contribution in [0.3, 0.4) is 0 Å². The molecule has 1 saturated heterocycles. The predicted octanol–water partition coefficient (Wildman–Crippen LogP) is 2.03. The zero-order chi connectivity index (χ0) is 15.8.